The number of pyridine rings is 1. The van der Waals surface area contributed by atoms with Crippen LogP contribution in [0.5, 0.6) is 0 Å². The second-order valence-corrected chi connectivity index (χ2v) is 10.3. The number of anilines is 1. The summed E-state index contributed by atoms with van der Waals surface area (Å²) in [6.45, 7) is 9.24. The third-order valence-corrected chi connectivity index (χ3v) is 7.64. The molecular formula is C32H36N6O. The van der Waals surface area contributed by atoms with Gasteiger partial charge < -0.3 is 15.1 Å². The normalized spacial score (nSPS) is 14.7. The molecule has 200 valence electrons. The number of nitrogens with zero attached hydrogens (tertiary/aromatic N) is 5. The maximum Gasteiger partial charge on any atom is 0.251 e. The van der Waals surface area contributed by atoms with Gasteiger partial charge in [-0.25, -0.2) is 4.98 Å². The summed E-state index contributed by atoms with van der Waals surface area (Å²) in [6, 6.07) is 24.6. The van der Waals surface area contributed by atoms with Crippen LogP contribution in [0.25, 0.3) is 0 Å². The Morgan fingerprint density at radius 1 is 1.05 bits per heavy atom. The summed E-state index contributed by atoms with van der Waals surface area (Å²) in [5.74, 6) is -0.0759. The van der Waals surface area contributed by atoms with Gasteiger partial charge in [0.25, 0.3) is 5.91 Å². The van der Waals surface area contributed by atoms with E-state index >= 15 is 0 Å². The maximum atomic E-state index is 12.9. The summed E-state index contributed by atoms with van der Waals surface area (Å²) in [6.07, 6.45) is 2.94. The van der Waals surface area contributed by atoms with Gasteiger partial charge in [0.05, 0.1) is 23.9 Å². The van der Waals surface area contributed by atoms with Gasteiger partial charge in [-0.3, -0.25) is 4.79 Å². The van der Waals surface area contributed by atoms with Crippen LogP contribution in [0.4, 0.5) is 5.69 Å². The number of amides is 1. The van der Waals surface area contributed by atoms with Gasteiger partial charge in [0.2, 0.25) is 0 Å². The van der Waals surface area contributed by atoms with E-state index in [2.05, 4.69) is 63.4 Å². The van der Waals surface area contributed by atoms with Crippen LogP contribution in [-0.4, -0.2) is 47.5 Å². The van der Waals surface area contributed by atoms with Crippen molar-refractivity contribution >= 4 is 11.6 Å². The first-order valence-corrected chi connectivity index (χ1v) is 13.6. The molecule has 0 bridgehead atoms. The Morgan fingerprint density at radius 3 is 2.38 bits per heavy atom. The lowest BCUT2D eigenvalue weighted by molar-refractivity contribution is 0.0944. The zero-order valence-corrected chi connectivity index (χ0v) is 23.0. The van der Waals surface area contributed by atoms with Crippen molar-refractivity contribution in [2.75, 3.05) is 24.5 Å². The van der Waals surface area contributed by atoms with Crippen molar-refractivity contribution in [3.63, 3.8) is 0 Å². The smallest absolute Gasteiger partial charge is 0.251 e. The number of aromatic nitrogens is 1. The molecule has 2 aromatic carbocycles. The molecule has 1 unspecified atom stereocenters. The van der Waals surface area contributed by atoms with Crippen LogP contribution in [-0.2, 0) is 6.54 Å². The summed E-state index contributed by atoms with van der Waals surface area (Å²) < 4.78 is 0. The highest BCUT2D eigenvalue weighted by atomic mass is 16.1. The van der Waals surface area contributed by atoms with E-state index in [9.17, 15) is 10.1 Å². The number of piperidine rings is 1. The first-order chi connectivity index (χ1) is 18.9. The van der Waals surface area contributed by atoms with Crippen molar-refractivity contribution in [2.45, 2.75) is 58.7 Å². The minimum atomic E-state index is -0.0759. The number of hydrogen-bond donors (Lipinski definition) is 1. The summed E-state index contributed by atoms with van der Waals surface area (Å²) in [4.78, 5) is 22.3. The fourth-order valence-electron chi connectivity index (χ4n) is 5.55. The van der Waals surface area contributed by atoms with Crippen LogP contribution in [0.3, 0.4) is 0 Å². The molecule has 1 aliphatic heterocycles. The van der Waals surface area contributed by atoms with Gasteiger partial charge in [0.1, 0.15) is 11.8 Å². The second kappa shape index (κ2) is 13.0. The second-order valence-electron chi connectivity index (χ2n) is 10.3. The number of aryl methyl sites for hydroxylation is 2. The van der Waals surface area contributed by atoms with Gasteiger partial charge in [-0.15, -0.1) is 0 Å². The Labute approximate surface area is 231 Å². The largest absolute Gasteiger partial charge is 0.363 e. The first kappa shape index (κ1) is 27.8. The molecule has 0 saturated carbocycles. The van der Waals surface area contributed by atoms with Crippen LogP contribution in [0.1, 0.15) is 64.6 Å². The lowest BCUT2D eigenvalue weighted by atomic mass is 9.98. The van der Waals surface area contributed by atoms with Crippen molar-refractivity contribution in [1.29, 1.82) is 10.5 Å². The maximum absolute atomic E-state index is 12.9. The van der Waals surface area contributed by atoms with E-state index in [1.165, 1.54) is 5.69 Å². The fourth-order valence-corrected chi connectivity index (χ4v) is 5.55. The van der Waals surface area contributed by atoms with Crippen molar-refractivity contribution in [2.24, 2.45) is 0 Å². The molecule has 2 heterocycles. The monoisotopic (exact) mass is 520 g/mol. The lowest BCUT2D eigenvalue weighted by Crippen LogP contribution is -2.48. The van der Waals surface area contributed by atoms with Crippen molar-refractivity contribution in [3.05, 3.63) is 94.3 Å². The summed E-state index contributed by atoms with van der Waals surface area (Å²) in [5, 5.41) is 21.5. The number of nitrogens with one attached hydrogen (secondary N) is 1. The summed E-state index contributed by atoms with van der Waals surface area (Å²) in [5.41, 5.74) is 5.42. The molecule has 1 atom stereocenters. The quantitative estimate of drug-likeness (QED) is 0.421. The minimum absolute atomic E-state index is 0.0759. The topological polar surface area (TPSA) is 96.0 Å². The van der Waals surface area contributed by atoms with Gasteiger partial charge in [-0.2, -0.15) is 10.5 Å². The molecule has 1 aromatic heterocycles. The lowest BCUT2D eigenvalue weighted by Gasteiger charge is -2.41. The van der Waals surface area contributed by atoms with Gasteiger partial charge in [0.15, 0.2) is 0 Å². The Morgan fingerprint density at radius 2 is 1.74 bits per heavy atom. The molecule has 7 heteroatoms. The number of rotatable bonds is 9. The third-order valence-electron chi connectivity index (χ3n) is 7.64. The Bertz CT molecular complexity index is 1340. The molecule has 1 N–H and O–H groups in total. The molecule has 7 nitrogen and oxygen atoms in total. The van der Waals surface area contributed by atoms with Gasteiger partial charge >= 0.3 is 0 Å². The Balaban J connectivity index is 1.32. The number of hydrogen-bond acceptors (Lipinski definition) is 6. The van der Waals surface area contributed by atoms with Crippen LogP contribution in [0.15, 0.2) is 60.7 Å². The first-order valence-electron chi connectivity index (χ1n) is 13.6. The van der Waals surface area contributed by atoms with E-state index < -0.39 is 0 Å². The Kier molecular flexibility index (Phi) is 9.31. The van der Waals surface area contributed by atoms with E-state index in [-0.39, 0.29) is 5.91 Å². The zero-order chi connectivity index (χ0) is 27.8. The van der Waals surface area contributed by atoms with Crippen LogP contribution < -0.4 is 10.2 Å². The van der Waals surface area contributed by atoms with Gasteiger partial charge in [-0.1, -0.05) is 24.3 Å². The highest BCUT2D eigenvalue weighted by Gasteiger charge is 2.27. The van der Waals surface area contributed by atoms with Crippen molar-refractivity contribution in [1.82, 2.24) is 15.2 Å². The minimum Gasteiger partial charge on any atom is -0.363 e. The number of carbonyl (C=O) groups is 1. The fraction of sp³-hybridized carbons (Fsp3) is 0.375. The van der Waals surface area contributed by atoms with E-state index in [4.69, 9.17) is 5.26 Å². The molecule has 3 aromatic rings. The molecule has 39 heavy (non-hydrogen) atoms. The number of likely N-dealkylation sites (tertiary alicyclic amines) is 1. The van der Waals surface area contributed by atoms with E-state index in [0.717, 1.165) is 49.2 Å². The predicted molar refractivity (Wildman–Crippen MR) is 153 cm³/mol. The SMILES string of the molecule is Cc1cc(C#N)cc(C)c1C(=O)NCCC(C)N1CCC(N(Cc2cccc(C#N)n2)c2ccccc2)CC1. The Hall–Kier alpha value is -4.20. The van der Waals surface area contributed by atoms with Crippen molar-refractivity contribution in [3.8, 4) is 12.1 Å². The van der Waals surface area contributed by atoms with E-state index in [1.54, 1.807) is 18.2 Å². The molecule has 1 fully saturated rings. The molecule has 1 aliphatic rings. The predicted octanol–water partition coefficient (Wildman–Crippen LogP) is 5.12. The van der Waals surface area contributed by atoms with Crippen LogP contribution >= 0.6 is 0 Å². The van der Waals surface area contributed by atoms with Gasteiger partial charge in [-0.05, 0) is 87.6 Å². The number of carbonyl (C=O) groups excluding carboxylic acids is 1. The van der Waals surface area contributed by atoms with E-state index in [1.807, 2.05) is 32.0 Å². The number of para-hydroxylation sites is 1. The molecule has 1 saturated heterocycles. The average Bonchev–Trinajstić information content (AvgIpc) is 2.96. The summed E-state index contributed by atoms with van der Waals surface area (Å²) >= 11 is 0. The molecule has 4 rings (SSSR count). The highest BCUT2D eigenvalue weighted by molar-refractivity contribution is 5.97. The molecule has 0 spiro atoms. The van der Waals surface area contributed by atoms with Crippen LogP contribution in [0.2, 0.25) is 0 Å². The summed E-state index contributed by atoms with van der Waals surface area (Å²) in [7, 11) is 0. The van der Waals surface area contributed by atoms with Gasteiger partial charge in [0, 0.05) is 43.0 Å². The number of benzene rings is 2. The molecule has 0 radical (unpaired) electrons. The standard InChI is InChI=1S/C32H36N6O/c1-23-18-26(20-33)19-24(2)31(23)32(39)35-15-12-25(3)37-16-13-30(14-17-37)38(29-10-5-4-6-11-29)22-28-9-7-8-27(21-34)36-28/h4-11,18-19,25,30H,12-17,22H2,1-3H3,(H,35,39). The number of nitriles is 2. The zero-order valence-electron chi connectivity index (χ0n) is 23.0. The highest BCUT2D eigenvalue weighted by Crippen LogP contribution is 2.26. The molecule has 0 aliphatic carbocycles. The molecular weight excluding hydrogens is 484 g/mol. The van der Waals surface area contributed by atoms with Crippen LogP contribution in [0, 0.1) is 36.5 Å². The third kappa shape index (κ3) is 7.02. The molecule has 1 amide bonds. The van der Waals surface area contributed by atoms with E-state index in [0.29, 0.717) is 42.0 Å². The van der Waals surface area contributed by atoms with Crippen molar-refractivity contribution < 1.29 is 4.79 Å². The average molecular weight is 521 g/mol.